The van der Waals surface area contributed by atoms with E-state index in [4.69, 9.17) is 0 Å². The van der Waals surface area contributed by atoms with Crippen LogP contribution in [0.5, 0.6) is 0 Å². The number of likely N-dealkylation sites (N-methyl/N-ethyl adjacent to an activating group) is 3. The van der Waals surface area contributed by atoms with E-state index in [0.29, 0.717) is 0 Å². The Bertz CT molecular complexity index is 481. The summed E-state index contributed by atoms with van der Waals surface area (Å²) in [5.41, 5.74) is 3.60. The minimum Gasteiger partial charge on any atom is -0.411 e. The van der Waals surface area contributed by atoms with E-state index in [1.807, 2.05) is 42.3 Å². The Labute approximate surface area is 173 Å². The fourth-order valence-electron chi connectivity index (χ4n) is 2.10. The fraction of sp³-hybridized carbons (Fsp3) is 0.429. The Kier molecular flexibility index (Phi) is 12.3. The van der Waals surface area contributed by atoms with E-state index < -0.39 is 0 Å². The van der Waals surface area contributed by atoms with Gasteiger partial charge in [0.15, 0.2) is 0 Å². The Morgan fingerprint density at radius 3 is 0.880 bits per heavy atom. The third-order valence-electron chi connectivity index (χ3n) is 3.48. The largest absolute Gasteiger partial charge is 0.411 e. The van der Waals surface area contributed by atoms with Crippen LogP contribution >= 0.6 is 0 Å². The summed E-state index contributed by atoms with van der Waals surface area (Å²) < 4.78 is 0. The molecule has 136 valence electrons. The molecule has 0 spiro atoms. The molecule has 3 aliphatic carbocycles. The first-order chi connectivity index (χ1) is 11.4. The molecule has 0 radical (unpaired) electrons. The maximum absolute atomic E-state index is 3.19. The van der Waals surface area contributed by atoms with Crippen LogP contribution in [0.15, 0.2) is 53.5 Å². The molecule has 0 aromatic carbocycles. The van der Waals surface area contributed by atoms with Crippen molar-refractivity contribution in [2.24, 2.45) is 0 Å². The molecule has 0 fully saturated rings. The van der Waals surface area contributed by atoms with Gasteiger partial charge in [-0.3, -0.25) is 0 Å². The van der Waals surface area contributed by atoms with Crippen molar-refractivity contribution in [3.8, 4) is 0 Å². The van der Waals surface area contributed by atoms with E-state index in [-0.39, 0.29) is 25.8 Å². The average Bonchev–Trinajstić information content (AvgIpc) is 3.29. The zero-order chi connectivity index (χ0) is 17.9. The molecule has 3 rings (SSSR count). The van der Waals surface area contributed by atoms with Crippen molar-refractivity contribution in [3.63, 3.8) is 0 Å². The van der Waals surface area contributed by atoms with Gasteiger partial charge in [0.2, 0.25) is 0 Å². The van der Waals surface area contributed by atoms with Crippen LogP contribution in [-0.4, -0.2) is 57.0 Å². The second kappa shape index (κ2) is 13.0. The van der Waals surface area contributed by atoms with E-state index >= 15 is 0 Å². The van der Waals surface area contributed by atoms with Gasteiger partial charge in [-0.25, -0.2) is 18.2 Å². The van der Waals surface area contributed by atoms with Gasteiger partial charge in [0.1, 0.15) is 0 Å². The van der Waals surface area contributed by atoms with Crippen molar-refractivity contribution in [2.75, 3.05) is 42.3 Å². The van der Waals surface area contributed by atoms with Gasteiger partial charge in [0, 0.05) is 68.1 Å². The number of allylic oxidation sites excluding steroid dienone is 9. The van der Waals surface area contributed by atoms with Crippen molar-refractivity contribution in [1.82, 2.24) is 14.7 Å². The van der Waals surface area contributed by atoms with Crippen molar-refractivity contribution < 1.29 is 25.8 Å². The summed E-state index contributed by atoms with van der Waals surface area (Å²) in [5.74, 6) is 0. The SMILES string of the molecule is CN(C)C1=[C-]CC=C1.CN(C)C1=[C-]CC=C1.CN(C)C1=[C-]CC=C1.[Hf]. The molecule has 0 saturated heterocycles. The molecule has 4 heteroatoms. The summed E-state index contributed by atoms with van der Waals surface area (Å²) in [6, 6.07) is 0. The van der Waals surface area contributed by atoms with Gasteiger partial charge in [0.25, 0.3) is 0 Å². The summed E-state index contributed by atoms with van der Waals surface area (Å²) in [5, 5.41) is 0. The van der Waals surface area contributed by atoms with Gasteiger partial charge in [-0.15, -0.1) is 36.4 Å². The molecular weight excluding hydrogens is 473 g/mol. The zero-order valence-corrected chi connectivity index (χ0v) is 20.0. The molecule has 0 bridgehead atoms. The summed E-state index contributed by atoms with van der Waals surface area (Å²) in [7, 11) is 12.2. The maximum atomic E-state index is 3.19. The molecule has 0 unspecified atom stereocenters. The zero-order valence-electron chi connectivity index (χ0n) is 16.4. The second-order valence-electron chi connectivity index (χ2n) is 6.19. The smallest absolute Gasteiger partial charge is 0.00285 e. The van der Waals surface area contributed by atoms with Crippen LogP contribution in [0, 0.1) is 18.2 Å². The Hall–Kier alpha value is -1.29. The van der Waals surface area contributed by atoms with Gasteiger partial charge in [-0.1, -0.05) is 0 Å². The summed E-state index contributed by atoms with van der Waals surface area (Å²) in [4.78, 5) is 6.18. The van der Waals surface area contributed by atoms with Crippen molar-refractivity contribution in [2.45, 2.75) is 19.3 Å². The first-order valence-electron chi connectivity index (χ1n) is 8.26. The van der Waals surface area contributed by atoms with Crippen molar-refractivity contribution in [3.05, 3.63) is 71.8 Å². The minimum atomic E-state index is 0. The maximum Gasteiger partial charge on any atom is 0.00285 e. The van der Waals surface area contributed by atoms with E-state index in [9.17, 15) is 0 Å². The summed E-state index contributed by atoms with van der Waals surface area (Å²) in [6.45, 7) is 0. The Balaban J connectivity index is 0.000000339. The quantitative estimate of drug-likeness (QED) is 0.431. The van der Waals surface area contributed by atoms with Crippen LogP contribution in [-0.2, 0) is 25.8 Å². The topological polar surface area (TPSA) is 9.72 Å². The van der Waals surface area contributed by atoms with Gasteiger partial charge >= 0.3 is 0 Å². The van der Waals surface area contributed by atoms with Crippen molar-refractivity contribution >= 4 is 0 Å². The van der Waals surface area contributed by atoms with Gasteiger partial charge in [-0.2, -0.15) is 36.5 Å². The van der Waals surface area contributed by atoms with E-state index in [0.717, 1.165) is 19.3 Å². The summed E-state index contributed by atoms with van der Waals surface area (Å²) >= 11 is 0. The normalized spacial score (nSPS) is 15.8. The molecule has 0 aromatic rings. The van der Waals surface area contributed by atoms with Crippen LogP contribution in [0.4, 0.5) is 0 Å². The first kappa shape index (κ1) is 23.7. The van der Waals surface area contributed by atoms with Crippen molar-refractivity contribution in [1.29, 1.82) is 0 Å². The van der Waals surface area contributed by atoms with Crippen LogP contribution < -0.4 is 0 Å². The van der Waals surface area contributed by atoms with Gasteiger partial charge in [-0.05, 0) is 0 Å². The van der Waals surface area contributed by atoms with E-state index in [1.54, 1.807) is 0 Å². The van der Waals surface area contributed by atoms with E-state index in [2.05, 4.69) is 69.4 Å². The van der Waals surface area contributed by atoms with Crippen LogP contribution in [0.3, 0.4) is 0 Å². The van der Waals surface area contributed by atoms with Gasteiger partial charge in [0.05, 0.1) is 0 Å². The van der Waals surface area contributed by atoms with E-state index in [1.165, 1.54) is 17.1 Å². The first-order valence-corrected chi connectivity index (χ1v) is 8.26. The number of hydrogen-bond donors (Lipinski definition) is 0. The fourth-order valence-corrected chi connectivity index (χ4v) is 2.10. The minimum absolute atomic E-state index is 0. The molecule has 0 N–H and O–H groups in total. The molecule has 0 atom stereocenters. The van der Waals surface area contributed by atoms with Crippen LogP contribution in [0.1, 0.15) is 19.3 Å². The molecule has 0 aromatic heterocycles. The summed E-state index contributed by atoms with van der Waals surface area (Å²) in [6.07, 6.45) is 25.1. The standard InChI is InChI=1S/3C7H10N.Hf/c3*1-8(2)7-5-3-4-6-7;/h3*3,5H,4H2,1-2H3;/q3*-1;. The number of hydrogen-bond acceptors (Lipinski definition) is 3. The van der Waals surface area contributed by atoms with Crippen LogP contribution in [0.25, 0.3) is 0 Å². The average molecular weight is 503 g/mol. The predicted molar refractivity (Wildman–Crippen MR) is 103 cm³/mol. The molecule has 3 nitrogen and oxygen atoms in total. The number of nitrogens with zero attached hydrogens (tertiary/aromatic N) is 3. The molecule has 25 heavy (non-hydrogen) atoms. The third-order valence-corrected chi connectivity index (χ3v) is 3.48. The third kappa shape index (κ3) is 9.69. The number of rotatable bonds is 3. The molecular formula is C21H30HfN3-3. The molecule has 0 saturated carbocycles. The second-order valence-corrected chi connectivity index (χ2v) is 6.19. The molecule has 3 aliphatic rings. The monoisotopic (exact) mass is 504 g/mol. The molecule has 0 aliphatic heterocycles. The Morgan fingerprint density at radius 2 is 0.800 bits per heavy atom. The Morgan fingerprint density at radius 1 is 0.560 bits per heavy atom. The molecule has 0 amide bonds. The predicted octanol–water partition coefficient (Wildman–Crippen LogP) is 3.58. The van der Waals surface area contributed by atoms with Crippen LogP contribution in [0.2, 0.25) is 0 Å². The molecule has 0 heterocycles. The van der Waals surface area contributed by atoms with Gasteiger partial charge < -0.3 is 14.7 Å².